The van der Waals surface area contributed by atoms with Crippen molar-refractivity contribution in [2.45, 2.75) is 13.5 Å². The second-order valence-electron chi connectivity index (χ2n) is 9.40. The van der Waals surface area contributed by atoms with Crippen molar-refractivity contribution in [3.8, 4) is 28.4 Å². The highest BCUT2D eigenvalue weighted by Crippen LogP contribution is 2.33. The van der Waals surface area contributed by atoms with Crippen molar-refractivity contribution in [3.05, 3.63) is 95.4 Å². The third-order valence-corrected chi connectivity index (χ3v) is 6.83. The van der Waals surface area contributed by atoms with E-state index >= 15 is 0 Å². The van der Waals surface area contributed by atoms with Gasteiger partial charge in [0.25, 0.3) is 5.91 Å². The van der Waals surface area contributed by atoms with E-state index in [0.29, 0.717) is 30.0 Å². The van der Waals surface area contributed by atoms with Gasteiger partial charge in [0.05, 0.1) is 11.4 Å². The number of ether oxygens (including phenoxy) is 2. The molecule has 3 heterocycles. The summed E-state index contributed by atoms with van der Waals surface area (Å²) in [5.74, 6) is 1.08. The Bertz CT molecular complexity index is 1460. The first-order chi connectivity index (χ1) is 18.0. The minimum atomic E-state index is -0.368. The van der Waals surface area contributed by atoms with Crippen LogP contribution in [0.4, 0.5) is 4.39 Å². The van der Waals surface area contributed by atoms with Gasteiger partial charge in [-0.2, -0.15) is 5.10 Å². The third-order valence-electron chi connectivity index (χ3n) is 6.83. The van der Waals surface area contributed by atoms with Gasteiger partial charge in [-0.1, -0.05) is 30.3 Å². The molecular formula is C29H27FN4O3. The normalized spacial score (nSPS) is 15.2. The minimum Gasteiger partial charge on any atom is -0.454 e. The molecule has 0 saturated carbocycles. The van der Waals surface area contributed by atoms with Gasteiger partial charge in [0.2, 0.25) is 6.79 Å². The molecule has 0 spiro atoms. The van der Waals surface area contributed by atoms with Crippen LogP contribution in [-0.4, -0.2) is 58.5 Å². The molecule has 2 aliphatic rings. The molecule has 1 fully saturated rings. The summed E-state index contributed by atoms with van der Waals surface area (Å²) in [4.78, 5) is 17.9. The van der Waals surface area contributed by atoms with E-state index in [1.807, 2.05) is 48.2 Å². The molecule has 8 heteroatoms. The van der Waals surface area contributed by atoms with Crippen LogP contribution in [-0.2, 0) is 6.54 Å². The van der Waals surface area contributed by atoms with Crippen LogP contribution in [0.5, 0.6) is 11.5 Å². The molecule has 4 aromatic rings. The number of carbonyl (C=O) groups excluding carboxylic acids is 1. The van der Waals surface area contributed by atoms with E-state index in [2.05, 4.69) is 16.1 Å². The maximum atomic E-state index is 14.6. The van der Waals surface area contributed by atoms with E-state index in [1.165, 1.54) is 6.07 Å². The Hall–Kier alpha value is -4.17. The molecule has 0 atom stereocenters. The van der Waals surface area contributed by atoms with E-state index in [0.717, 1.165) is 47.9 Å². The predicted octanol–water partition coefficient (Wildman–Crippen LogP) is 4.67. The maximum Gasteiger partial charge on any atom is 0.272 e. The second kappa shape index (κ2) is 9.71. The summed E-state index contributed by atoms with van der Waals surface area (Å²) in [7, 11) is 0. The lowest BCUT2D eigenvalue weighted by molar-refractivity contribution is 0.0619. The maximum absolute atomic E-state index is 14.6. The topological polar surface area (TPSA) is 59.8 Å². The lowest BCUT2D eigenvalue weighted by atomic mass is 10.1. The zero-order valence-corrected chi connectivity index (χ0v) is 20.6. The summed E-state index contributed by atoms with van der Waals surface area (Å²) >= 11 is 0. The van der Waals surface area contributed by atoms with Gasteiger partial charge in [0, 0.05) is 38.3 Å². The quantitative estimate of drug-likeness (QED) is 0.400. The summed E-state index contributed by atoms with van der Waals surface area (Å²) in [5.41, 5.74) is 4.20. The fraction of sp³-hybridized carbons (Fsp3) is 0.241. The van der Waals surface area contributed by atoms with Crippen LogP contribution in [0.3, 0.4) is 0 Å². The molecule has 0 radical (unpaired) electrons. The Morgan fingerprint density at radius 1 is 0.919 bits per heavy atom. The molecule has 6 rings (SSSR count). The summed E-state index contributed by atoms with van der Waals surface area (Å²) in [6.07, 6.45) is 0. The number of halogens is 1. The van der Waals surface area contributed by atoms with Crippen LogP contribution in [0.2, 0.25) is 0 Å². The zero-order chi connectivity index (χ0) is 25.4. The summed E-state index contributed by atoms with van der Waals surface area (Å²) in [6, 6.07) is 22.0. The number of aromatic nitrogens is 2. The molecule has 2 aliphatic heterocycles. The third kappa shape index (κ3) is 4.68. The summed E-state index contributed by atoms with van der Waals surface area (Å²) < 4.78 is 27.1. The van der Waals surface area contributed by atoms with Gasteiger partial charge in [0.1, 0.15) is 11.5 Å². The Morgan fingerprint density at radius 2 is 1.73 bits per heavy atom. The number of hydrogen-bond acceptors (Lipinski definition) is 5. The smallest absolute Gasteiger partial charge is 0.272 e. The largest absolute Gasteiger partial charge is 0.454 e. The van der Waals surface area contributed by atoms with Gasteiger partial charge in [-0.3, -0.25) is 9.69 Å². The number of rotatable bonds is 5. The number of benzene rings is 3. The first kappa shape index (κ1) is 23.2. The number of hydrogen-bond donors (Lipinski definition) is 0. The lowest BCUT2D eigenvalue weighted by Gasteiger charge is -2.34. The minimum absolute atomic E-state index is 0.112. The van der Waals surface area contributed by atoms with Crippen molar-refractivity contribution >= 4 is 5.91 Å². The summed E-state index contributed by atoms with van der Waals surface area (Å²) in [6.45, 7) is 5.72. The van der Waals surface area contributed by atoms with Crippen molar-refractivity contribution in [1.82, 2.24) is 19.6 Å². The monoisotopic (exact) mass is 498 g/mol. The van der Waals surface area contributed by atoms with E-state index in [9.17, 15) is 9.18 Å². The molecule has 1 saturated heterocycles. The van der Waals surface area contributed by atoms with Crippen LogP contribution in [0.25, 0.3) is 16.9 Å². The van der Waals surface area contributed by atoms with E-state index in [1.54, 1.807) is 28.9 Å². The van der Waals surface area contributed by atoms with Crippen molar-refractivity contribution in [1.29, 1.82) is 0 Å². The Labute approximate surface area is 214 Å². The SMILES string of the molecule is Cc1cccc(-n2nc(-c3ccccc3F)cc2C(=O)N2CCN(Cc3ccc4c(c3)OCO4)CC2)c1. The van der Waals surface area contributed by atoms with Gasteiger partial charge in [-0.25, -0.2) is 9.07 Å². The molecule has 37 heavy (non-hydrogen) atoms. The van der Waals surface area contributed by atoms with Gasteiger partial charge < -0.3 is 14.4 Å². The highest BCUT2D eigenvalue weighted by Gasteiger charge is 2.27. The van der Waals surface area contributed by atoms with E-state index < -0.39 is 0 Å². The first-order valence-electron chi connectivity index (χ1n) is 12.4. The van der Waals surface area contributed by atoms with Crippen molar-refractivity contribution in [3.63, 3.8) is 0 Å². The summed E-state index contributed by atoms with van der Waals surface area (Å²) in [5, 5.41) is 4.66. The molecule has 3 aromatic carbocycles. The van der Waals surface area contributed by atoms with Crippen molar-refractivity contribution in [2.24, 2.45) is 0 Å². The number of nitrogens with zero attached hydrogens (tertiary/aromatic N) is 4. The molecule has 1 aromatic heterocycles. The van der Waals surface area contributed by atoms with Crippen LogP contribution in [0.15, 0.2) is 72.8 Å². The Kier molecular flexibility index (Phi) is 6.10. The fourth-order valence-corrected chi connectivity index (χ4v) is 4.86. The van der Waals surface area contributed by atoms with E-state index in [-0.39, 0.29) is 18.5 Å². The molecule has 0 aliphatic carbocycles. The average molecular weight is 499 g/mol. The van der Waals surface area contributed by atoms with Gasteiger partial charge >= 0.3 is 0 Å². The molecular weight excluding hydrogens is 471 g/mol. The number of fused-ring (bicyclic) bond motifs is 1. The number of aryl methyl sites for hydroxylation is 1. The van der Waals surface area contributed by atoms with Crippen LogP contribution >= 0.6 is 0 Å². The van der Waals surface area contributed by atoms with Gasteiger partial charge in [-0.05, 0) is 60.5 Å². The second-order valence-corrected chi connectivity index (χ2v) is 9.40. The van der Waals surface area contributed by atoms with Gasteiger partial charge in [0.15, 0.2) is 11.5 Å². The van der Waals surface area contributed by atoms with Crippen molar-refractivity contribution in [2.75, 3.05) is 33.0 Å². The fourth-order valence-electron chi connectivity index (χ4n) is 4.86. The van der Waals surface area contributed by atoms with E-state index in [4.69, 9.17) is 9.47 Å². The Balaban J connectivity index is 1.22. The molecule has 0 bridgehead atoms. The molecule has 0 N–H and O–H groups in total. The standard InChI is InChI=1S/C29H27FN4O3/c1-20-5-4-6-22(15-20)34-26(17-25(31-34)23-7-2-3-8-24(23)30)29(35)33-13-11-32(12-14-33)18-21-9-10-27-28(16-21)37-19-36-27/h2-10,15-17H,11-14,18-19H2,1H3. The molecule has 7 nitrogen and oxygen atoms in total. The highest BCUT2D eigenvalue weighted by atomic mass is 19.1. The average Bonchev–Trinajstić information content (AvgIpc) is 3.56. The number of amides is 1. The predicted molar refractivity (Wildman–Crippen MR) is 137 cm³/mol. The molecule has 188 valence electrons. The molecule has 0 unspecified atom stereocenters. The number of carbonyl (C=O) groups is 1. The number of piperazine rings is 1. The zero-order valence-electron chi connectivity index (χ0n) is 20.6. The molecule has 1 amide bonds. The first-order valence-corrected chi connectivity index (χ1v) is 12.4. The Morgan fingerprint density at radius 3 is 2.54 bits per heavy atom. The lowest BCUT2D eigenvalue weighted by Crippen LogP contribution is -2.48. The highest BCUT2D eigenvalue weighted by molar-refractivity contribution is 5.94. The van der Waals surface area contributed by atoms with Crippen molar-refractivity contribution < 1.29 is 18.7 Å². The van der Waals surface area contributed by atoms with Crippen LogP contribution in [0.1, 0.15) is 21.6 Å². The van der Waals surface area contributed by atoms with Gasteiger partial charge in [-0.15, -0.1) is 0 Å². The van der Waals surface area contributed by atoms with Crippen LogP contribution in [0, 0.1) is 12.7 Å². The van der Waals surface area contributed by atoms with Crippen LogP contribution < -0.4 is 9.47 Å².